The van der Waals surface area contributed by atoms with Crippen molar-refractivity contribution in [2.75, 3.05) is 5.75 Å². The number of aromatic nitrogens is 3. The number of nitrogens with zero attached hydrogens (tertiary/aromatic N) is 3. The molecule has 6 nitrogen and oxygen atoms in total. The van der Waals surface area contributed by atoms with E-state index in [1.807, 2.05) is 41.8 Å². The minimum atomic E-state index is -0.192. The summed E-state index contributed by atoms with van der Waals surface area (Å²) in [5.74, 6) is 0.745. The number of rotatable bonds is 8. The molecule has 0 atom stereocenters. The van der Waals surface area contributed by atoms with Gasteiger partial charge in [-0.1, -0.05) is 52.0 Å². The number of hydrogen-bond donors (Lipinski definition) is 1. The SMILES string of the molecule is CCn1c(CNC(=O)c2ccccc2Br)nnc1SCC(=O)c1ccc(Br)cc1. The van der Waals surface area contributed by atoms with Gasteiger partial charge in [-0.15, -0.1) is 10.2 Å². The van der Waals surface area contributed by atoms with Crippen molar-refractivity contribution in [1.29, 1.82) is 0 Å². The van der Waals surface area contributed by atoms with Gasteiger partial charge in [0.05, 0.1) is 17.9 Å². The van der Waals surface area contributed by atoms with Crippen molar-refractivity contribution < 1.29 is 9.59 Å². The van der Waals surface area contributed by atoms with E-state index in [0.717, 1.165) is 8.95 Å². The number of ketones is 1. The largest absolute Gasteiger partial charge is 0.345 e. The number of thioether (sulfide) groups is 1. The van der Waals surface area contributed by atoms with Gasteiger partial charge in [0, 0.05) is 21.1 Å². The van der Waals surface area contributed by atoms with E-state index in [1.54, 1.807) is 18.2 Å². The summed E-state index contributed by atoms with van der Waals surface area (Å²) < 4.78 is 3.57. The van der Waals surface area contributed by atoms with Gasteiger partial charge in [0.2, 0.25) is 0 Å². The number of amides is 1. The lowest BCUT2D eigenvalue weighted by Gasteiger charge is -2.09. The quantitative estimate of drug-likeness (QED) is 0.332. The first kappa shape index (κ1) is 21.7. The van der Waals surface area contributed by atoms with Crippen molar-refractivity contribution in [1.82, 2.24) is 20.1 Å². The lowest BCUT2D eigenvalue weighted by molar-refractivity contribution is 0.0947. The van der Waals surface area contributed by atoms with Crippen LogP contribution in [0.4, 0.5) is 0 Å². The Morgan fingerprint density at radius 1 is 1.07 bits per heavy atom. The Kier molecular flexibility index (Phi) is 7.63. The maximum Gasteiger partial charge on any atom is 0.252 e. The Bertz CT molecular complexity index is 1020. The van der Waals surface area contributed by atoms with Gasteiger partial charge < -0.3 is 9.88 Å². The zero-order valence-electron chi connectivity index (χ0n) is 15.6. The Balaban J connectivity index is 1.62. The Labute approximate surface area is 189 Å². The van der Waals surface area contributed by atoms with E-state index < -0.39 is 0 Å². The fraction of sp³-hybridized carbons (Fsp3) is 0.200. The van der Waals surface area contributed by atoms with E-state index in [4.69, 9.17) is 0 Å². The van der Waals surface area contributed by atoms with Crippen molar-refractivity contribution in [3.8, 4) is 0 Å². The van der Waals surface area contributed by atoms with Gasteiger partial charge in [-0.25, -0.2) is 0 Å². The highest BCUT2D eigenvalue weighted by Gasteiger charge is 2.16. The Hall–Kier alpha value is -1.97. The van der Waals surface area contributed by atoms with Crippen LogP contribution >= 0.6 is 43.6 Å². The van der Waals surface area contributed by atoms with Crippen molar-refractivity contribution in [3.63, 3.8) is 0 Å². The van der Waals surface area contributed by atoms with Crippen molar-refractivity contribution in [2.45, 2.75) is 25.2 Å². The third-order valence-corrected chi connectivity index (χ3v) is 6.32. The van der Waals surface area contributed by atoms with Crippen LogP contribution in [0.1, 0.15) is 33.5 Å². The number of benzene rings is 2. The predicted octanol–water partition coefficient (Wildman–Crippen LogP) is 4.73. The molecular weight excluding hydrogens is 520 g/mol. The summed E-state index contributed by atoms with van der Waals surface area (Å²) in [6.45, 7) is 2.87. The van der Waals surface area contributed by atoms with Gasteiger partial charge >= 0.3 is 0 Å². The zero-order chi connectivity index (χ0) is 20.8. The molecule has 0 saturated heterocycles. The van der Waals surface area contributed by atoms with E-state index >= 15 is 0 Å². The van der Waals surface area contributed by atoms with Gasteiger partial charge in [0.1, 0.15) is 0 Å². The molecule has 1 aromatic heterocycles. The Morgan fingerprint density at radius 3 is 2.48 bits per heavy atom. The molecule has 0 radical (unpaired) electrons. The molecule has 1 N–H and O–H groups in total. The lowest BCUT2D eigenvalue weighted by atomic mass is 10.2. The van der Waals surface area contributed by atoms with Crippen LogP contribution in [0.5, 0.6) is 0 Å². The second-order valence-corrected chi connectivity index (χ2v) is 8.74. The highest BCUT2D eigenvalue weighted by Crippen LogP contribution is 2.20. The minimum absolute atomic E-state index is 0.0249. The molecule has 0 fully saturated rings. The molecule has 0 saturated carbocycles. The predicted molar refractivity (Wildman–Crippen MR) is 120 cm³/mol. The highest BCUT2D eigenvalue weighted by atomic mass is 79.9. The van der Waals surface area contributed by atoms with Crippen LogP contribution in [0.15, 0.2) is 62.6 Å². The van der Waals surface area contributed by atoms with Crippen LogP contribution in [-0.2, 0) is 13.1 Å². The molecule has 3 aromatic rings. The van der Waals surface area contributed by atoms with Gasteiger partial charge in [-0.05, 0) is 47.1 Å². The summed E-state index contributed by atoms with van der Waals surface area (Å²) in [7, 11) is 0. The van der Waals surface area contributed by atoms with Crippen LogP contribution < -0.4 is 5.32 Å². The van der Waals surface area contributed by atoms with Crippen molar-refractivity contribution >= 4 is 55.3 Å². The van der Waals surface area contributed by atoms with E-state index in [2.05, 4.69) is 47.4 Å². The Morgan fingerprint density at radius 2 is 1.79 bits per heavy atom. The molecule has 150 valence electrons. The summed E-state index contributed by atoms with van der Waals surface area (Å²) in [6, 6.07) is 14.5. The number of hydrogen-bond acceptors (Lipinski definition) is 5. The third-order valence-electron chi connectivity index (χ3n) is 4.13. The average Bonchev–Trinajstić information content (AvgIpc) is 3.13. The minimum Gasteiger partial charge on any atom is -0.345 e. The van der Waals surface area contributed by atoms with Crippen LogP contribution in [-0.4, -0.2) is 32.2 Å². The van der Waals surface area contributed by atoms with Gasteiger partial charge in [0.25, 0.3) is 5.91 Å². The van der Waals surface area contributed by atoms with Gasteiger partial charge in [-0.3, -0.25) is 9.59 Å². The van der Waals surface area contributed by atoms with Crippen LogP contribution in [0.2, 0.25) is 0 Å². The fourth-order valence-electron chi connectivity index (χ4n) is 2.62. The van der Waals surface area contributed by atoms with Crippen LogP contribution in [0.3, 0.4) is 0 Å². The standard InChI is InChI=1S/C20H18Br2N4O2S/c1-2-26-18(11-23-19(28)15-5-3-4-6-16(15)22)24-25-20(26)29-12-17(27)13-7-9-14(21)10-8-13/h3-10H,2,11-12H2,1H3,(H,23,28). The second-order valence-electron chi connectivity index (χ2n) is 6.02. The molecule has 29 heavy (non-hydrogen) atoms. The van der Waals surface area contributed by atoms with Gasteiger partial charge in [0.15, 0.2) is 16.8 Å². The number of halogens is 2. The van der Waals surface area contributed by atoms with E-state index in [9.17, 15) is 9.59 Å². The van der Waals surface area contributed by atoms with Gasteiger partial charge in [-0.2, -0.15) is 0 Å². The first-order valence-corrected chi connectivity index (χ1v) is 11.4. The van der Waals surface area contributed by atoms with E-state index in [1.165, 1.54) is 11.8 Å². The third kappa shape index (κ3) is 5.55. The fourth-order valence-corrected chi connectivity index (χ4v) is 4.27. The summed E-state index contributed by atoms with van der Waals surface area (Å²) >= 11 is 8.09. The number of nitrogens with one attached hydrogen (secondary N) is 1. The maximum atomic E-state index is 12.4. The molecule has 9 heteroatoms. The number of Topliss-reactive ketones (excluding diaryl/α,β-unsaturated/α-hetero) is 1. The normalized spacial score (nSPS) is 10.7. The van der Waals surface area contributed by atoms with E-state index in [-0.39, 0.29) is 24.0 Å². The summed E-state index contributed by atoms with van der Waals surface area (Å²) in [5.41, 5.74) is 1.22. The average molecular weight is 538 g/mol. The molecule has 0 unspecified atom stereocenters. The summed E-state index contributed by atoms with van der Waals surface area (Å²) in [4.78, 5) is 24.8. The first-order valence-electron chi connectivity index (χ1n) is 8.86. The van der Waals surface area contributed by atoms with Crippen LogP contribution in [0.25, 0.3) is 0 Å². The van der Waals surface area contributed by atoms with Crippen LogP contribution in [0, 0.1) is 0 Å². The smallest absolute Gasteiger partial charge is 0.252 e. The summed E-state index contributed by atoms with van der Waals surface area (Å²) in [6.07, 6.45) is 0. The molecule has 0 bridgehead atoms. The molecule has 1 heterocycles. The van der Waals surface area contributed by atoms with Crippen molar-refractivity contribution in [3.05, 3.63) is 74.4 Å². The van der Waals surface area contributed by atoms with Crippen molar-refractivity contribution in [2.24, 2.45) is 0 Å². The molecule has 0 aliphatic carbocycles. The monoisotopic (exact) mass is 536 g/mol. The number of carbonyl (C=O) groups excluding carboxylic acids is 2. The maximum absolute atomic E-state index is 12.4. The molecule has 0 aliphatic rings. The topological polar surface area (TPSA) is 76.9 Å². The molecular formula is C20H18Br2N4O2S. The number of carbonyl (C=O) groups is 2. The zero-order valence-corrected chi connectivity index (χ0v) is 19.6. The molecule has 0 aliphatic heterocycles. The molecule has 3 rings (SSSR count). The second kappa shape index (κ2) is 10.2. The molecule has 2 aromatic carbocycles. The lowest BCUT2D eigenvalue weighted by Crippen LogP contribution is -2.25. The van der Waals surface area contributed by atoms with E-state index in [0.29, 0.717) is 28.7 Å². The highest BCUT2D eigenvalue weighted by molar-refractivity contribution is 9.10. The molecule has 0 spiro atoms. The molecule has 1 amide bonds. The summed E-state index contributed by atoms with van der Waals surface area (Å²) in [5, 5.41) is 11.9. The first-order chi connectivity index (χ1) is 14.0.